The lowest BCUT2D eigenvalue weighted by molar-refractivity contribution is -0.129. The van der Waals surface area contributed by atoms with E-state index in [4.69, 9.17) is 22.7 Å². The van der Waals surface area contributed by atoms with Gasteiger partial charge < -0.3 is 15.4 Å². The highest BCUT2D eigenvalue weighted by atomic mass is 32.1. The lowest BCUT2D eigenvalue weighted by atomic mass is 10.2. The van der Waals surface area contributed by atoms with E-state index in [1.807, 2.05) is 12.1 Å². The molecule has 0 bridgehead atoms. The van der Waals surface area contributed by atoms with Crippen molar-refractivity contribution < 1.29 is 9.53 Å². The molecule has 0 aliphatic rings. The predicted molar refractivity (Wildman–Crippen MR) is 71.1 cm³/mol. The molecule has 2 N–H and O–H groups in total. The van der Waals surface area contributed by atoms with Crippen molar-refractivity contribution in [1.82, 2.24) is 4.90 Å². The lowest BCUT2D eigenvalue weighted by Gasteiger charge is -2.12. The fourth-order valence-electron chi connectivity index (χ4n) is 1.27. The second kappa shape index (κ2) is 6.20. The molecule has 0 radical (unpaired) electrons. The Balaban J connectivity index is 2.58. The average molecular weight is 252 g/mol. The summed E-state index contributed by atoms with van der Waals surface area (Å²) < 4.78 is 5.50. The van der Waals surface area contributed by atoms with Gasteiger partial charge in [-0.2, -0.15) is 0 Å². The van der Waals surface area contributed by atoms with Crippen LogP contribution in [0.3, 0.4) is 0 Å². The minimum absolute atomic E-state index is 0.0257. The van der Waals surface area contributed by atoms with Gasteiger partial charge in [-0.15, -0.1) is 0 Å². The predicted octanol–water partition coefficient (Wildman–Crippen LogP) is 1.18. The van der Waals surface area contributed by atoms with Crippen LogP contribution in [0.25, 0.3) is 0 Å². The molecule has 5 heteroatoms. The molecule has 17 heavy (non-hydrogen) atoms. The number of hydrogen-bond donors (Lipinski definition) is 1. The summed E-state index contributed by atoms with van der Waals surface area (Å²) in [6.07, 6.45) is 0.332. The summed E-state index contributed by atoms with van der Waals surface area (Å²) in [6.45, 7) is 0.316. The van der Waals surface area contributed by atoms with Gasteiger partial charge in [0.05, 0.1) is 18.6 Å². The van der Waals surface area contributed by atoms with Crippen molar-refractivity contribution in [1.29, 1.82) is 0 Å². The molecular weight excluding hydrogens is 236 g/mol. The summed E-state index contributed by atoms with van der Waals surface area (Å²) in [7, 11) is 3.43. The van der Waals surface area contributed by atoms with E-state index in [1.165, 1.54) is 4.90 Å². The molecule has 0 saturated heterocycles. The number of benzene rings is 1. The quantitative estimate of drug-likeness (QED) is 0.799. The van der Waals surface area contributed by atoms with Gasteiger partial charge in [0.25, 0.3) is 0 Å². The fourth-order valence-corrected chi connectivity index (χ4v) is 1.44. The Labute approximate surface area is 106 Å². The lowest BCUT2D eigenvalue weighted by Crippen LogP contribution is -2.23. The first-order valence-electron chi connectivity index (χ1n) is 5.24. The first-order chi connectivity index (χ1) is 8.02. The van der Waals surface area contributed by atoms with Gasteiger partial charge in [0.15, 0.2) is 0 Å². The van der Waals surface area contributed by atoms with Crippen molar-refractivity contribution in [2.75, 3.05) is 20.7 Å². The third-order valence-corrected chi connectivity index (χ3v) is 2.44. The molecule has 0 aromatic heterocycles. The average Bonchev–Trinajstić information content (AvgIpc) is 2.29. The van der Waals surface area contributed by atoms with Gasteiger partial charge in [0, 0.05) is 14.1 Å². The zero-order valence-corrected chi connectivity index (χ0v) is 10.8. The minimum atomic E-state index is 0.0257. The summed E-state index contributed by atoms with van der Waals surface area (Å²) in [5.41, 5.74) is 6.26. The van der Waals surface area contributed by atoms with E-state index in [0.29, 0.717) is 29.3 Å². The standard InChI is InChI=1S/C12H16N2O2S/c1-14(2)11(15)7-8-16-10-6-4-3-5-9(10)12(13)17/h3-6H,7-8H2,1-2H3,(H2,13,17). The topological polar surface area (TPSA) is 55.6 Å². The van der Waals surface area contributed by atoms with Crippen molar-refractivity contribution in [3.63, 3.8) is 0 Å². The van der Waals surface area contributed by atoms with Crippen LogP contribution in [0.15, 0.2) is 24.3 Å². The van der Waals surface area contributed by atoms with Crippen LogP contribution in [0, 0.1) is 0 Å². The Kier molecular flexibility index (Phi) is 4.90. The number of carbonyl (C=O) groups is 1. The van der Waals surface area contributed by atoms with E-state index in [2.05, 4.69) is 0 Å². The molecule has 0 atom stereocenters. The van der Waals surface area contributed by atoms with Gasteiger partial charge in [-0.3, -0.25) is 4.79 Å². The first kappa shape index (κ1) is 13.4. The first-order valence-corrected chi connectivity index (χ1v) is 5.65. The van der Waals surface area contributed by atoms with Crippen molar-refractivity contribution in [2.45, 2.75) is 6.42 Å². The van der Waals surface area contributed by atoms with Gasteiger partial charge in [0.1, 0.15) is 10.7 Å². The van der Waals surface area contributed by atoms with Crippen molar-refractivity contribution in [2.24, 2.45) is 5.73 Å². The molecule has 0 fully saturated rings. The van der Waals surface area contributed by atoms with Crippen LogP contribution in [0.2, 0.25) is 0 Å². The number of amides is 1. The highest BCUT2D eigenvalue weighted by molar-refractivity contribution is 7.80. The van der Waals surface area contributed by atoms with Crippen LogP contribution in [-0.4, -0.2) is 36.5 Å². The summed E-state index contributed by atoms with van der Waals surface area (Å²) in [6, 6.07) is 7.26. The van der Waals surface area contributed by atoms with Crippen molar-refractivity contribution >= 4 is 23.1 Å². The molecule has 0 aliphatic heterocycles. The van der Waals surface area contributed by atoms with E-state index < -0.39 is 0 Å². The Hall–Kier alpha value is -1.62. The second-order valence-electron chi connectivity index (χ2n) is 3.75. The summed E-state index contributed by atoms with van der Waals surface area (Å²) in [5, 5.41) is 0. The molecular formula is C12H16N2O2S. The number of nitrogens with zero attached hydrogens (tertiary/aromatic N) is 1. The van der Waals surface area contributed by atoms with Crippen molar-refractivity contribution in [3.8, 4) is 5.75 Å². The SMILES string of the molecule is CN(C)C(=O)CCOc1ccccc1C(N)=S. The zero-order chi connectivity index (χ0) is 12.8. The highest BCUT2D eigenvalue weighted by Crippen LogP contribution is 2.17. The van der Waals surface area contributed by atoms with E-state index in [1.54, 1.807) is 26.2 Å². The number of nitrogens with two attached hydrogens (primary N) is 1. The molecule has 0 saturated carbocycles. The monoisotopic (exact) mass is 252 g/mol. The Morgan fingerprint density at radius 1 is 1.41 bits per heavy atom. The summed E-state index contributed by atoms with van der Waals surface area (Å²) in [5.74, 6) is 0.643. The van der Waals surface area contributed by atoms with Crippen LogP contribution >= 0.6 is 12.2 Å². The molecule has 4 nitrogen and oxygen atoms in total. The number of carbonyl (C=O) groups excluding carboxylic acids is 1. The number of ether oxygens (including phenoxy) is 1. The molecule has 0 aliphatic carbocycles. The van der Waals surface area contributed by atoms with Gasteiger partial charge >= 0.3 is 0 Å². The smallest absolute Gasteiger partial charge is 0.225 e. The van der Waals surface area contributed by atoms with Crippen LogP contribution in [0.4, 0.5) is 0 Å². The Bertz CT molecular complexity index is 419. The molecule has 0 spiro atoms. The van der Waals surface area contributed by atoms with Gasteiger partial charge in [-0.05, 0) is 12.1 Å². The van der Waals surface area contributed by atoms with Crippen LogP contribution in [0.5, 0.6) is 5.75 Å². The molecule has 92 valence electrons. The van der Waals surface area contributed by atoms with E-state index in [0.717, 1.165) is 0 Å². The number of thiocarbonyl (C=S) groups is 1. The highest BCUT2D eigenvalue weighted by Gasteiger charge is 2.07. The zero-order valence-electron chi connectivity index (χ0n) is 9.97. The van der Waals surface area contributed by atoms with Crippen molar-refractivity contribution in [3.05, 3.63) is 29.8 Å². The summed E-state index contributed by atoms with van der Waals surface area (Å²) in [4.78, 5) is 13.2. The largest absolute Gasteiger partial charge is 0.492 e. The summed E-state index contributed by atoms with van der Waals surface area (Å²) >= 11 is 4.92. The number of para-hydroxylation sites is 1. The van der Waals surface area contributed by atoms with Crippen LogP contribution in [0.1, 0.15) is 12.0 Å². The van der Waals surface area contributed by atoms with Gasteiger partial charge in [0.2, 0.25) is 5.91 Å². The third kappa shape index (κ3) is 4.03. The maximum atomic E-state index is 11.3. The van der Waals surface area contributed by atoms with Crippen LogP contribution < -0.4 is 10.5 Å². The van der Waals surface area contributed by atoms with Crippen LogP contribution in [-0.2, 0) is 4.79 Å². The van der Waals surface area contributed by atoms with E-state index in [-0.39, 0.29) is 5.91 Å². The third-order valence-electron chi connectivity index (χ3n) is 2.22. The Morgan fingerprint density at radius 3 is 2.65 bits per heavy atom. The maximum Gasteiger partial charge on any atom is 0.225 e. The molecule has 0 heterocycles. The second-order valence-corrected chi connectivity index (χ2v) is 4.19. The molecule has 0 unspecified atom stereocenters. The normalized spacial score (nSPS) is 9.76. The number of hydrogen-bond acceptors (Lipinski definition) is 3. The minimum Gasteiger partial charge on any atom is -0.492 e. The van der Waals surface area contributed by atoms with Gasteiger partial charge in [-0.25, -0.2) is 0 Å². The molecule has 1 aromatic rings. The molecule has 1 aromatic carbocycles. The maximum absolute atomic E-state index is 11.3. The molecule has 1 rings (SSSR count). The Morgan fingerprint density at radius 2 is 2.06 bits per heavy atom. The van der Waals surface area contributed by atoms with E-state index >= 15 is 0 Å². The van der Waals surface area contributed by atoms with Gasteiger partial charge in [-0.1, -0.05) is 24.4 Å². The fraction of sp³-hybridized carbons (Fsp3) is 0.333. The molecule has 1 amide bonds. The number of rotatable bonds is 5. The van der Waals surface area contributed by atoms with E-state index in [9.17, 15) is 4.79 Å².